The van der Waals surface area contributed by atoms with Crippen molar-refractivity contribution in [3.63, 3.8) is 0 Å². The lowest BCUT2D eigenvalue weighted by molar-refractivity contribution is 1.04. The molecule has 0 radical (unpaired) electrons. The van der Waals surface area contributed by atoms with Crippen molar-refractivity contribution in [3.05, 3.63) is 21.7 Å². The maximum atomic E-state index is 5.58. The highest BCUT2D eigenvalue weighted by molar-refractivity contribution is 7.71. The standard InChI is InChI=1S/C5H5ClN2S/c1-3-7-2-4(6)5(9)8-3/h2H,1H3,(H,7,8,9). The molecule has 4 heteroatoms. The number of hydrogen-bond donors (Lipinski definition) is 1. The molecule has 0 aliphatic heterocycles. The number of aryl methyl sites for hydroxylation is 1. The third kappa shape index (κ3) is 1.50. The second kappa shape index (κ2) is 2.45. The first-order chi connectivity index (χ1) is 4.20. The van der Waals surface area contributed by atoms with Crippen molar-refractivity contribution in [1.29, 1.82) is 0 Å². The van der Waals surface area contributed by atoms with Crippen LogP contribution in [0, 0.1) is 11.6 Å². The van der Waals surface area contributed by atoms with E-state index in [0.717, 1.165) is 5.82 Å². The Bertz CT molecular complexity index is 268. The summed E-state index contributed by atoms with van der Waals surface area (Å²) in [7, 11) is 0. The van der Waals surface area contributed by atoms with Crippen LogP contribution < -0.4 is 0 Å². The first-order valence-corrected chi connectivity index (χ1v) is 3.20. The fourth-order valence-electron chi connectivity index (χ4n) is 0.468. The van der Waals surface area contributed by atoms with Gasteiger partial charge in [0.1, 0.15) is 10.5 Å². The maximum Gasteiger partial charge on any atom is 0.125 e. The van der Waals surface area contributed by atoms with Crippen molar-refractivity contribution < 1.29 is 0 Å². The van der Waals surface area contributed by atoms with Crippen LogP contribution in [0.3, 0.4) is 0 Å². The molecule has 0 aromatic carbocycles. The van der Waals surface area contributed by atoms with Crippen molar-refractivity contribution in [2.75, 3.05) is 0 Å². The highest BCUT2D eigenvalue weighted by Gasteiger charge is 1.89. The van der Waals surface area contributed by atoms with Crippen LogP contribution >= 0.6 is 23.8 Å². The molecule has 1 heterocycles. The number of rotatable bonds is 0. The van der Waals surface area contributed by atoms with E-state index in [9.17, 15) is 0 Å². The summed E-state index contributed by atoms with van der Waals surface area (Å²) in [5.74, 6) is 0.782. The molecule has 0 saturated heterocycles. The Labute approximate surface area is 62.9 Å². The average Bonchev–Trinajstić information content (AvgIpc) is 1.80. The van der Waals surface area contributed by atoms with Gasteiger partial charge in [-0.3, -0.25) is 0 Å². The van der Waals surface area contributed by atoms with E-state index in [4.69, 9.17) is 23.8 Å². The molecule has 9 heavy (non-hydrogen) atoms. The molecule has 0 unspecified atom stereocenters. The molecular formula is C5H5ClN2S. The first kappa shape index (κ1) is 6.71. The summed E-state index contributed by atoms with van der Waals surface area (Å²) in [5.41, 5.74) is 0. The van der Waals surface area contributed by atoms with Gasteiger partial charge in [-0.2, -0.15) is 0 Å². The molecule has 0 atom stereocenters. The Morgan fingerprint density at radius 1 is 1.78 bits per heavy atom. The average molecular weight is 161 g/mol. The zero-order valence-corrected chi connectivity index (χ0v) is 6.38. The van der Waals surface area contributed by atoms with E-state index in [1.165, 1.54) is 6.20 Å². The Balaban J connectivity index is 3.34. The molecule has 1 aromatic heterocycles. The maximum absolute atomic E-state index is 5.58. The van der Waals surface area contributed by atoms with Gasteiger partial charge in [0.15, 0.2) is 0 Å². The highest BCUT2D eigenvalue weighted by atomic mass is 35.5. The van der Waals surface area contributed by atoms with Crippen LogP contribution in [0.5, 0.6) is 0 Å². The second-order valence-corrected chi connectivity index (χ2v) is 2.46. The minimum absolute atomic E-state index is 0.496. The molecule has 2 nitrogen and oxygen atoms in total. The summed E-state index contributed by atoms with van der Waals surface area (Å²) in [6, 6.07) is 0. The zero-order chi connectivity index (χ0) is 6.85. The van der Waals surface area contributed by atoms with Gasteiger partial charge in [0.25, 0.3) is 0 Å². The first-order valence-electron chi connectivity index (χ1n) is 2.41. The number of nitrogens with zero attached hydrogens (tertiary/aromatic N) is 1. The van der Waals surface area contributed by atoms with Gasteiger partial charge in [-0.15, -0.1) is 0 Å². The van der Waals surface area contributed by atoms with Crippen molar-refractivity contribution in [1.82, 2.24) is 9.97 Å². The van der Waals surface area contributed by atoms with Crippen LogP contribution in [0.4, 0.5) is 0 Å². The number of nitrogens with one attached hydrogen (secondary N) is 1. The summed E-state index contributed by atoms with van der Waals surface area (Å²) in [6.07, 6.45) is 1.54. The Hall–Kier alpha value is -0.410. The lowest BCUT2D eigenvalue weighted by atomic mass is 10.6. The molecule has 0 saturated carbocycles. The number of H-pyrrole nitrogens is 1. The van der Waals surface area contributed by atoms with E-state index >= 15 is 0 Å². The van der Waals surface area contributed by atoms with Gasteiger partial charge in [0.05, 0.1) is 11.2 Å². The number of halogens is 1. The van der Waals surface area contributed by atoms with Crippen LogP contribution in [-0.4, -0.2) is 9.97 Å². The molecule has 0 fully saturated rings. The highest BCUT2D eigenvalue weighted by Crippen LogP contribution is 2.05. The molecule has 0 bridgehead atoms. The summed E-state index contributed by atoms with van der Waals surface area (Å²) >= 11 is 10.4. The predicted molar refractivity (Wildman–Crippen MR) is 39.2 cm³/mol. The zero-order valence-electron chi connectivity index (χ0n) is 4.81. The van der Waals surface area contributed by atoms with Gasteiger partial charge in [-0.05, 0) is 6.92 Å². The van der Waals surface area contributed by atoms with Crippen LogP contribution in [0.15, 0.2) is 6.20 Å². The van der Waals surface area contributed by atoms with Gasteiger partial charge >= 0.3 is 0 Å². The lowest BCUT2D eigenvalue weighted by Gasteiger charge is -1.90. The summed E-state index contributed by atoms with van der Waals surface area (Å²) in [5, 5.41) is 0.496. The third-order valence-electron chi connectivity index (χ3n) is 0.883. The van der Waals surface area contributed by atoms with Crippen LogP contribution in [0.25, 0.3) is 0 Å². The Kier molecular flexibility index (Phi) is 1.83. The smallest absolute Gasteiger partial charge is 0.125 e. The van der Waals surface area contributed by atoms with E-state index in [2.05, 4.69) is 9.97 Å². The van der Waals surface area contributed by atoms with Crippen molar-refractivity contribution in [2.45, 2.75) is 6.92 Å². The number of aromatic amines is 1. The van der Waals surface area contributed by atoms with Gasteiger partial charge in [0, 0.05) is 0 Å². The van der Waals surface area contributed by atoms with E-state index in [-0.39, 0.29) is 0 Å². The number of aromatic nitrogens is 2. The van der Waals surface area contributed by atoms with E-state index in [0.29, 0.717) is 9.66 Å². The monoisotopic (exact) mass is 160 g/mol. The summed E-state index contributed by atoms with van der Waals surface area (Å²) < 4.78 is 0.546. The topological polar surface area (TPSA) is 28.7 Å². The largest absolute Gasteiger partial charge is 0.334 e. The van der Waals surface area contributed by atoms with Crippen LogP contribution in [-0.2, 0) is 0 Å². The minimum atomic E-state index is 0.496. The van der Waals surface area contributed by atoms with Crippen molar-refractivity contribution >= 4 is 23.8 Å². The number of hydrogen-bond acceptors (Lipinski definition) is 2. The van der Waals surface area contributed by atoms with Gasteiger partial charge in [-0.1, -0.05) is 23.8 Å². The van der Waals surface area contributed by atoms with E-state index < -0.39 is 0 Å². The summed E-state index contributed by atoms with van der Waals surface area (Å²) in [6.45, 7) is 1.83. The second-order valence-electron chi connectivity index (χ2n) is 1.65. The van der Waals surface area contributed by atoms with Gasteiger partial charge < -0.3 is 4.98 Å². The predicted octanol–water partition coefficient (Wildman–Crippen LogP) is 2.10. The third-order valence-corrected chi connectivity index (χ3v) is 1.60. The van der Waals surface area contributed by atoms with Crippen molar-refractivity contribution in [3.8, 4) is 0 Å². The molecule has 0 aliphatic carbocycles. The molecule has 0 aliphatic rings. The lowest BCUT2D eigenvalue weighted by Crippen LogP contribution is -1.85. The molecule has 0 spiro atoms. The van der Waals surface area contributed by atoms with E-state index in [1.54, 1.807) is 0 Å². The molecule has 1 rings (SSSR count). The quantitative estimate of drug-likeness (QED) is 0.589. The van der Waals surface area contributed by atoms with Crippen molar-refractivity contribution in [2.24, 2.45) is 0 Å². The SMILES string of the molecule is Cc1ncc(Cl)c(=S)[nH]1. The van der Waals surface area contributed by atoms with Crippen LogP contribution in [0.1, 0.15) is 5.82 Å². The Morgan fingerprint density at radius 2 is 2.44 bits per heavy atom. The molecular weight excluding hydrogens is 156 g/mol. The van der Waals surface area contributed by atoms with E-state index in [1.807, 2.05) is 6.92 Å². The van der Waals surface area contributed by atoms with Crippen LogP contribution in [0.2, 0.25) is 5.02 Å². The van der Waals surface area contributed by atoms with Gasteiger partial charge in [0.2, 0.25) is 0 Å². The fourth-order valence-corrected chi connectivity index (χ4v) is 0.765. The molecule has 1 aromatic rings. The minimum Gasteiger partial charge on any atom is -0.334 e. The Morgan fingerprint density at radius 3 is 2.89 bits per heavy atom. The molecule has 1 N–H and O–H groups in total. The molecule has 0 amide bonds. The fraction of sp³-hybridized carbons (Fsp3) is 0.200. The molecule has 48 valence electrons. The normalized spacial score (nSPS) is 9.56. The summed E-state index contributed by atoms with van der Waals surface area (Å²) in [4.78, 5) is 6.70. The van der Waals surface area contributed by atoms with Gasteiger partial charge in [-0.25, -0.2) is 4.98 Å².